The number of ether oxygens (including phenoxy) is 1. The molecule has 0 aromatic heterocycles. The molecule has 2 aromatic rings. The highest BCUT2D eigenvalue weighted by atomic mass is 32.2. The van der Waals surface area contributed by atoms with Gasteiger partial charge in [0.05, 0.1) is 22.2 Å². The monoisotopic (exact) mass is 421 g/mol. The quantitative estimate of drug-likeness (QED) is 0.797. The summed E-state index contributed by atoms with van der Waals surface area (Å²) in [4.78, 5) is 0.186. The lowest BCUT2D eigenvalue weighted by molar-refractivity contribution is 0.216. The van der Waals surface area contributed by atoms with E-state index in [1.807, 2.05) is 0 Å². The molecule has 0 bridgehead atoms. The molecule has 0 aliphatic carbocycles. The molecule has 2 heterocycles. The number of piperidine rings is 1. The summed E-state index contributed by atoms with van der Waals surface area (Å²) in [6, 6.07) is 12.7. The average molecular weight is 422 g/mol. The largest absolute Gasteiger partial charge is 0.493 e. The van der Waals surface area contributed by atoms with Crippen molar-refractivity contribution >= 4 is 19.7 Å². The van der Waals surface area contributed by atoms with E-state index in [0.29, 0.717) is 18.3 Å². The van der Waals surface area contributed by atoms with Crippen molar-refractivity contribution in [2.24, 2.45) is 5.92 Å². The standard InChI is InChI=1S/C20H23NO5S2/c22-27(23)14-19(28(24,25)16-7-2-1-3-8-16)20-17(9-4-10-18(20)27)26-13-15-6-5-11-21-12-15/h1-4,7-10,15,19,21H,5-6,11-14H2. The van der Waals surface area contributed by atoms with Crippen LogP contribution in [0.4, 0.5) is 0 Å². The van der Waals surface area contributed by atoms with Gasteiger partial charge in [0.2, 0.25) is 0 Å². The Balaban J connectivity index is 1.72. The van der Waals surface area contributed by atoms with Crippen LogP contribution >= 0.6 is 0 Å². The number of rotatable bonds is 5. The van der Waals surface area contributed by atoms with E-state index in [1.54, 1.807) is 30.3 Å². The van der Waals surface area contributed by atoms with E-state index in [2.05, 4.69) is 5.32 Å². The summed E-state index contributed by atoms with van der Waals surface area (Å²) in [5.41, 5.74) is 0.273. The van der Waals surface area contributed by atoms with Gasteiger partial charge in [0.15, 0.2) is 19.7 Å². The third-order valence-corrected chi connectivity index (χ3v) is 9.46. The van der Waals surface area contributed by atoms with Gasteiger partial charge in [-0.05, 0) is 43.7 Å². The van der Waals surface area contributed by atoms with E-state index in [-0.39, 0.29) is 15.4 Å². The molecular weight excluding hydrogens is 398 g/mol. The lowest BCUT2D eigenvalue weighted by Crippen LogP contribution is -2.33. The number of hydrogen-bond acceptors (Lipinski definition) is 6. The maximum atomic E-state index is 13.2. The number of fused-ring (bicyclic) bond motifs is 1. The van der Waals surface area contributed by atoms with Gasteiger partial charge >= 0.3 is 0 Å². The SMILES string of the molecule is O=S1(=O)CC(S(=O)(=O)c2ccccc2)c2c(OCC3CCCNC3)cccc21. The maximum Gasteiger partial charge on any atom is 0.186 e. The topological polar surface area (TPSA) is 89.5 Å². The first kappa shape index (κ1) is 19.4. The molecule has 150 valence electrons. The lowest BCUT2D eigenvalue weighted by atomic mass is 10.0. The van der Waals surface area contributed by atoms with Gasteiger partial charge in [-0.3, -0.25) is 0 Å². The van der Waals surface area contributed by atoms with E-state index < -0.39 is 30.7 Å². The zero-order chi connectivity index (χ0) is 19.8. The van der Waals surface area contributed by atoms with Crippen molar-refractivity contribution in [3.63, 3.8) is 0 Å². The molecule has 2 aliphatic heterocycles. The Morgan fingerprint density at radius 1 is 1.07 bits per heavy atom. The minimum absolute atomic E-state index is 0.0660. The Morgan fingerprint density at radius 2 is 1.86 bits per heavy atom. The molecule has 0 spiro atoms. The van der Waals surface area contributed by atoms with Crippen LogP contribution in [0.25, 0.3) is 0 Å². The fraction of sp³-hybridized carbons (Fsp3) is 0.400. The minimum atomic E-state index is -3.86. The van der Waals surface area contributed by atoms with Gasteiger partial charge < -0.3 is 10.1 Å². The average Bonchev–Trinajstić information content (AvgIpc) is 3.00. The normalized spacial score (nSPS) is 23.9. The van der Waals surface area contributed by atoms with Crippen LogP contribution in [0.5, 0.6) is 5.75 Å². The molecule has 0 saturated carbocycles. The number of hydrogen-bond donors (Lipinski definition) is 1. The second-order valence-electron chi connectivity index (χ2n) is 7.32. The van der Waals surface area contributed by atoms with Crippen molar-refractivity contribution in [2.45, 2.75) is 27.9 Å². The molecule has 2 unspecified atom stereocenters. The molecule has 1 N–H and O–H groups in total. The predicted molar refractivity (Wildman–Crippen MR) is 106 cm³/mol. The van der Waals surface area contributed by atoms with Crippen LogP contribution in [0.2, 0.25) is 0 Å². The summed E-state index contributed by atoms with van der Waals surface area (Å²) in [5, 5.41) is 2.16. The van der Waals surface area contributed by atoms with Crippen molar-refractivity contribution in [3.8, 4) is 5.75 Å². The lowest BCUT2D eigenvalue weighted by Gasteiger charge is -2.24. The van der Waals surface area contributed by atoms with Crippen LogP contribution < -0.4 is 10.1 Å². The van der Waals surface area contributed by atoms with Gasteiger partial charge in [-0.25, -0.2) is 16.8 Å². The molecular formula is C20H23NO5S2. The van der Waals surface area contributed by atoms with Gasteiger partial charge in [0, 0.05) is 18.0 Å². The molecule has 2 aromatic carbocycles. The predicted octanol–water partition coefficient (Wildman–Crippen LogP) is 2.37. The van der Waals surface area contributed by atoms with Crippen LogP contribution in [0, 0.1) is 5.92 Å². The van der Waals surface area contributed by atoms with E-state index in [1.165, 1.54) is 18.2 Å². The van der Waals surface area contributed by atoms with Crippen LogP contribution in [0.1, 0.15) is 23.7 Å². The summed E-state index contributed by atoms with van der Waals surface area (Å²) in [7, 11) is -7.54. The van der Waals surface area contributed by atoms with Gasteiger partial charge in [0.25, 0.3) is 0 Å². The third kappa shape index (κ3) is 3.56. The first-order chi connectivity index (χ1) is 13.4. The Labute approximate surface area is 165 Å². The zero-order valence-electron chi connectivity index (χ0n) is 15.4. The molecule has 2 aliphatic rings. The van der Waals surface area contributed by atoms with Crippen LogP contribution in [-0.2, 0) is 19.7 Å². The molecule has 6 nitrogen and oxygen atoms in total. The van der Waals surface area contributed by atoms with Crippen molar-refractivity contribution in [3.05, 3.63) is 54.1 Å². The van der Waals surface area contributed by atoms with E-state index in [0.717, 1.165) is 25.9 Å². The smallest absolute Gasteiger partial charge is 0.186 e. The Morgan fingerprint density at radius 3 is 2.57 bits per heavy atom. The van der Waals surface area contributed by atoms with Crippen molar-refractivity contribution in [2.75, 3.05) is 25.4 Å². The first-order valence-corrected chi connectivity index (χ1v) is 12.6. The van der Waals surface area contributed by atoms with Gasteiger partial charge in [-0.15, -0.1) is 0 Å². The van der Waals surface area contributed by atoms with Crippen LogP contribution in [-0.4, -0.2) is 42.3 Å². The van der Waals surface area contributed by atoms with Crippen LogP contribution in [0.15, 0.2) is 58.3 Å². The van der Waals surface area contributed by atoms with Crippen molar-refractivity contribution in [1.82, 2.24) is 5.32 Å². The van der Waals surface area contributed by atoms with Crippen molar-refractivity contribution in [1.29, 1.82) is 0 Å². The molecule has 0 amide bonds. The first-order valence-electron chi connectivity index (χ1n) is 9.38. The highest BCUT2D eigenvalue weighted by Gasteiger charge is 2.45. The highest BCUT2D eigenvalue weighted by molar-refractivity contribution is 7.96. The summed E-state index contributed by atoms with van der Waals surface area (Å²) < 4.78 is 57.7. The fourth-order valence-electron chi connectivity index (χ4n) is 3.90. The van der Waals surface area contributed by atoms with E-state index in [4.69, 9.17) is 4.74 Å². The zero-order valence-corrected chi connectivity index (χ0v) is 17.0. The van der Waals surface area contributed by atoms with Gasteiger partial charge in [-0.1, -0.05) is 24.3 Å². The van der Waals surface area contributed by atoms with Gasteiger partial charge in [-0.2, -0.15) is 0 Å². The summed E-state index contributed by atoms with van der Waals surface area (Å²) >= 11 is 0. The Bertz CT molecular complexity index is 1060. The molecule has 4 rings (SSSR count). The Hall–Kier alpha value is -1.90. The number of nitrogens with one attached hydrogen (secondary N) is 1. The highest BCUT2D eigenvalue weighted by Crippen LogP contribution is 2.45. The molecule has 2 atom stereocenters. The van der Waals surface area contributed by atoms with Crippen molar-refractivity contribution < 1.29 is 21.6 Å². The molecule has 0 radical (unpaired) electrons. The second-order valence-corrected chi connectivity index (χ2v) is 11.5. The van der Waals surface area contributed by atoms with Crippen LogP contribution in [0.3, 0.4) is 0 Å². The van der Waals surface area contributed by atoms with Gasteiger partial charge in [0.1, 0.15) is 11.0 Å². The molecule has 28 heavy (non-hydrogen) atoms. The molecule has 1 fully saturated rings. The number of benzene rings is 2. The summed E-state index contributed by atoms with van der Waals surface area (Å²) in [6.07, 6.45) is 2.10. The number of sulfone groups is 2. The van der Waals surface area contributed by atoms with E-state index in [9.17, 15) is 16.8 Å². The molecule has 8 heteroatoms. The summed E-state index contributed by atoms with van der Waals surface area (Å²) in [5.74, 6) is 0.228. The minimum Gasteiger partial charge on any atom is -0.493 e. The third-order valence-electron chi connectivity index (χ3n) is 5.37. The van der Waals surface area contributed by atoms with E-state index >= 15 is 0 Å². The summed E-state index contributed by atoms with van der Waals surface area (Å²) in [6.45, 7) is 2.27. The fourth-order valence-corrected chi connectivity index (χ4v) is 8.26. The second kappa shape index (κ2) is 7.50. The Kier molecular flexibility index (Phi) is 5.20. The maximum absolute atomic E-state index is 13.2. The molecule has 1 saturated heterocycles.